The lowest BCUT2D eigenvalue weighted by molar-refractivity contribution is -0.112. The van der Waals surface area contributed by atoms with E-state index in [1.807, 2.05) is 30.3 Å². The third-order valence-electron chi connectivity index (χ3n) is 3.63. The van der Waals surface area contributed by atoms with Gasteiger partial charge in [0.15, 0.2) is 5.78 Å². The predicted molar refractivity (Wildman–Crippen MR) is 93.0 cm³/mol. The lowest BCUT2D eigenvalue weighted by Crippen LogP contribution is -2.06. The molecule has 0 aliphatic carbocycles. The summed E-state index contributed by atoms with van der Waals surface area (Å²) in [6.45, 7) is 5.86. The third-order valence-corrected chi connectivity index (χ3v) is 3.63. The Morgan fingerprint density at radius 3 is 2.32 bits per heavy atom. The third kappa shape index (κ3) is 4.88. The lowest BCUT2D eigenvalue weighted by atomic mass is 9.95. The van der Waals surface area contributed by atoms with Gasteiger partial charge in [-0.05, 0) is 43.9 Å². The quantitative estimate of drug-likeness (QED) is 0.753. The molecule has 0 aliphatic heterocycles. The maximum absolute atomic E-state index is 11.5. The molecule has 0 fully saturated rings. The van der Waals surface area contributed by atoms with Gasteiger partial charge < -0.3 is 5.32 Å². The fourth-order valence-corrected chi connectivity index (χ4v) is 2.44. The molecule has 1 N–H and O–H groups in total. The Morgan fingerprint density at radius 1 is 1.09 bits per heavy atom. The Bertz CT molecular complexity index is 641. The predicted octanol–water partition coefficient (Wildman–Crippen LogP) is 5.07. The van der Waals surface area contributed by atoms with Gasteiger partial charge in [-0.15, -0.1) is 0 Å². The molecule has 2 heteroatoms. The molecule has 1 unspecified atom stereocenters. The summed E-state index contributed by atoms with van der Waals surface area (Å²) in [5, 5.41) is 3.36. The Morgan fingerprint density at radius 2 is 1.73 bits per heavy atom. The zero-order valence-electron chi connectivity index (χ0n) is 13.5. The van der Waals surface area contributed by atoms with Crippen LogP contribution in [-0.2, 0) is 4.79 Å². The van der Waals surface area contributed by atoms with Crippen molar-refractivity contribution in [1.82, 2.24) is 0 Å². The standard InChI is InChI=1S/C20H23NO/c1-15-9-11-18(12-10-15)16(2)13-20(14-17(3)22)21-19-7-5-4-6-8-19/h4-12,14,16,21H,13H2,1-3H3/b20-14-. The van der Waals surface area contributed by atoms with Crippen LogP contribution in [0.4, 0.5) is 5.69 Å². The van der Waals surface area contributed by atoms with Crippen LogP contribution in [0.5, 0.6) is 0 Å². The van der Waals surface area contributed by atoms with Crippen LogP contribution in [0.1, 0.15) is 37.3 Å². The normalized spacial score (nSPS) is 12.8. The first-order chi connectivity index (χ1) is 10.5. The van der Waals surface area contributed by atoms with Crippen molar-refractivity contribution in [2.75, 3.05) is 5.32 Å². The summed E-state index contributed by atoms with van der Waals surface area (Å²) in [6, 6.07) is 18.5. The van der Waals surface area contributed by atoms with Gasteiger partial charge in [-0.2, -0.15) is 0 Å². The summed E-state index contributed by atoms with van der Waals surface area (Å²) in [5.74, 6) is 0.414. The second kappa shape index (κ2) is 7.60. The summed E-state index contributed by atoms with van der Waals surface area (Å²) in [5.41, 5.74) is 4.51. The second-order valence-electron chi connectivity index (χ2n) is 5.79. The van der Waals surface area contributed by atoms with Crippen molar-refractivity contribution in [3.8, 4) is 0 Å². The fraction of sp³-hybridized carbons (Fsp3) is 0.250. The van der Waals surface area contributed by atoms with E-state index in [-0.39, 0.29) is 5.78 Å². The summed E-state index contributed by atoms with van der Waals surface area (Å²) in [7, 11) is 0. The highest BCUT2D eigenvalue weighted by atomic mass is 16.1. The van der Waals surface area contributed by atoms with Crippen LogP contribution in [-0.4, -0.2) is 5.78 Å². The van der Waals surface area contributed by atoms with E-state index in [1.165, 1.54) is 11.1 Å². The van der Waals surface area contributed by atoms with Gasteiger partial charge in [-0.25, -0.2) is 0 Å². The fourth-order valence-electron chi connectivity index (χ4n) is 2.44. The van der Waals surface area contributed by atoms with E-state index in [4.69, 9.17) is 0 Å². The van der Waals surface area contributed by atoms with E-state index < -0.39 is 0 Å². The smallest absolute Gasteiger partial charge is 0.154 e. The number of anilines is 1. The van der Waals surface area contributed by atoms with Gasteiger partial charge in [-0.3, -0.25) is 4.79 Å². The van der Waals surface area contributed by atoms with Crippen molar-refractivity contribution in [1.29, 1.82) is 0 Å². The molecule has 0 radical (unpaired) electrons. The van der Waals surface area contributed by atoms with E-state index in [2.05, 4.69) is 43.4 Å². The zero-order chi connectivity index (χ0) is 15.9. The number of rotatable bonds is 6. The van der Waals surface area contributed by atoms with Gasteiger partial charge in [0.25, 0.3) is 0 Å². The summed E-state index contributed by atoms with van der Waals surface area (Å²) in [6.07, 6.45) is 2.50. The Hall–Kier alpha value is -2.35. The van der Waals surface area contributed by atoms with Gasteiger partial charge in [0.05, 0.1) is 0 Å². The van der Waals surface area contributed by atoms with E-state index >= 15 is 0 Å². The molecule has 0 saturated carbocycles. The molecule has 0 spiro atoms. The second-order valence-corrected chi connectivity index (χ2v) is 5.79. The maximum Gasteiger partial charge on any atom is 0.154 e. The Kier molecular flexibility index (Phi) is 5.54. The van der Waals surface area contributed by atoms with Crippen LogP contribution >= 0.6 is 0 Å². The molecular weight excluding hydrogens is 270 g/mol. The van der Waals surface area contributed by atoms with Gasteiger partial charge in [0.1, 0.15) is 0 Å². The van der Waals surface area contributed by atoms with Crippen LogP contribution in [0.15, 0.2) is 66.4 Å². The number of ketones is 1. The van der Waals surface area contributed by atoms with E-state index in [0.29, 0.717) is 5.92 Å². The monoisotopic (exact) mass is 293 g/mol. The highest BCUT2D eigenvalue weighted by Gasteiger charge is 2.09. The highest BCUT2D eigenvalue weighted by molar-refractivity contribution is 5.88. The number of carbonyl (C=O) groups is 1. The number of allylic oxidation sites excluding steroid dienone is 2. The van der Waals surface area contributed by atoms with Crippen LogP contribution < -0.4 is 5.32 Å². The summed E-state index contributed by atoms with van der Waals surface area (Å²) >= 11 is 0. The van der Waals surface area contributed by atoms with Crippen molar-refractivity contribution in [2.24, 2.45) is 0 Å². The molecule has 2 rings (SSSR count). The minimum absolute atomic E-state index is 0.0644. The molecule has 0 aromatic heterocycles. The van der Waals surface area contributed by atoms with E-state index in [1.54, 1.807) is 13.0 Å². The molecule has 1 atom stereocenters. The number of carbonyl (C=O) groups excluding carboxylic acids is 1. The lowest BCUT2D eigenvalue weighted by Gasteiger charge is -2.17. The van der Waals surface area contributed by atoms with Crippen LogP contribution in [0.25, 0.3) is 0 Å². The molecule has 22 heavy (non-hydrogen) atoms. The van der Waals surface area contributed by atoms with Gasteiger partial charge in [-0.1, -0.05) is 55.0 Å². The SMILES string of the molecule is CC(=O)/C=C(/CC(C)c1ccc(C)cc1)Nc1ccccc1. The van der Waals surface area contributed by atoms with E-state index in [0.717, 1.165) is 17.8 Å². The molecule has 2 aromatic rings. The minimum Gasteiger partial charge on any atom is -0.359 e. The molecule has 2 nitrogen and oxygen atoms in total. The van der Waals surface area contributed by atoms with Crippen LogP contribution in [0, 0.1) is 6.92 Å². The number of hydrogen-bond acceptors (Lipinski definition) is 2. The van der Waals surface area contributed by atoms with Gasteiger partial charge in [0, 0.05) is 17.5 Å². The number of aryl methyl sites for hydroxylation is 1. The Balaban J connectivity index is 2.13. The number of benzene rings is 2. The molecule has 0 amide bonds. The summed E-state index contributed by atoms with van der Waals surface area (Å²) < 4.78 is 0. The van der Waals surface area contributed by atoms with Crippen molar-refractivity contribution in [3.63, 3.8) is 0 Å². The first-order valence-corrected chi connectivity index (χ1v) is 7.64. The van der Waals surface area contributed by atoms with Crippen LogP contribution in [0.2, 0.25) is 0 Å². The molecule has 0 heterocycles. The first kappa shape index (κ1) is 16.0. The van der Waals surface area contributed by atoms with Gasteiger partial charge >= 0.3 is 0 Å². The van der Waals surface area contributed by atoms with Crippen molar-refractivity contribution in [3.05, 3.63) is 77.5 Å². The summed E-state index contributed by atoms with van der Waals surface area (Å²) in [4.78, 5) is 11.5. The molecule has 0 aliphatic rings. The average Bonchev–Trinajstić information content (AvgIpc) is 2.48. The first-order valence-electron chi connectivity index (χ1n) is 7.64. The molecule has 0 bridgehead atoms. The maximum atomic E-state index is 11.5. The highest BCUT2D eigenvalue weighted by Crippen LogP contribution is 2.24. The molecule has 2 aromatic carbocycles. The molecular formula is C20H23NO. The van der Waals surface area contributed by atoms with E-state index in [9.17, 15) is 4.79 Å². The van der Waals surface area contributed by atoms with Crippen molar-refractivity contribution >= 4 is 11.5 Å². The number of para-hydroxylation sites is 1. The van der Waals surface area contributed by atoms with Crippen molar-refractivity contribution in [2.45, 2.75) is 33.1 Å². The zero-order valence-corrected chi connectivity index (χ0v) is 13.5. The Labute approximate surface area is 132 Å². The van der Waals surface area contributed by atoms with Crippen LogP contribution in [0.3, 0.4) is 0 Å². The average molecular weight is 293 g/mol. The van der Waals surface area contributed by atoms with Gasteiger partial charge in [0.2, 0.25) is 0 Å². The van der Waals surface area contributed by atoms with Crippen molar-refractivity contribution < 1.29 is 4.79 Å². The topological polar surface area (TPSA) is 29.1 Å². The molecule has 114 valence electrons. The molecule has 0 saturated heterocycles. The largest absolute Gasteiger partial charge is 0.359 e. The number of hydrogen-bond donors (Lipinski definition) is 1. The number of nitrogens with one attached hydrogen (secondary N) is 1. The minimum atomic E-state index is 0.0644.